The summed E-state index contributed by atoms with van der Waals surface area (Å²) in [4.78, 5) is 27.0. The molecule has 0 bridgehead atoms. The number of ether oxygens (including phenoxy) is 1. The third-order valence-corrected chi connectivity index (χ3v) is 4.69. The number of carbonyl (C=O) groups excluding carboxylic acids is 1. The SMILES string of the molecule is O=C(N1CCN(c2ccncn2)CC1)N1CCOc2cc(Cl)ccc21. The average molecular weight is 360 g/mol. The van der Waals surface area contributed by atoms with Gasteiger partial charge in [0.2, 0.25) is 0 Å². The van der Waals surface area contributed by atoms with Crippen molar-refractivity contribution in [3.63, 3.8) is 0 Å². The number of rotatable bonds is 1. The van der Waals surface area contributed by atoms with Gasteiger partial charge in [-0.25, -0.2) is 14.8 Å². The van der Waals surface area contributed by atoms with Gasteiger partial charge in [0, 0.05) is 43.5 Å². The molecule has 130 valence electrons. The zero-order chi connectivity index (χ0) is 17.2. The second kappa shape index (κ2) is 6.76. The largest absolute Gasteiger partial charge is 0.489 e. The van der Waals surface area contributed by atoms with Crippen LogP contribution in [0.5, 0.6) is 5.75 Å². The van der Waals surface area contributed by atoms with Crippen molar-refractivity contribution in [2.75, 3.05) is 49.1 Å². The van der Waals surface area contributed by atoms with Crippen LogP contribution >= 0.6 is 11.6 Å². The molecule has 2 aromatic rings. The smallest absolute Gasteiger partial charge is 0.324 e. The molecule has 1 aromatic heterocycles. The molecule has 8 heteroatoms. The number of amides is 2. The maximum atomic E-state index is 13.0. The summed E-state index contributed by atoms with van der Waals surface area (Å²) < 4.78 is 5.63. The van der Waals surface area contributed by atoms with Crippen molar-refractivity contribution in [2.24, 2.45) is 0 Å². The Morgan fingerprint density at radius 2 is 1.96 bits per heavy atom. The number of benzene rings is 1. The van der Waals surface area contributed by atoms with Gasteiger partial charge in [0.15, 0.2) is 0 Å². The zero-order valence-corrected chi connectivity index (χ0v) is 14.4. The molecule has 1 fully saturated rings. The summed E-state index contributed by atoms with van der Waals surface area (Å²) in [5.41, 5.74) is 0.777. The van der Waals surface area contributed by atoms with Crippen molar-refractivity contribution >= 4 is 29.1 Å². The lowest BCUT2D eigenvalue weighted by atomic mass is 10.2. The van der Waals surface area contributed by atoms with E-state index in [1.807, 2.05) is 17.0 Å². The summed E-state index contributed by atoms with van der Waals surface area (Å²) in [5.74, 6) is 1.56. The number of hydrogen-bond donors (Lipinski definition) is 0. The van der Waals surface area contributed by atoms with Crippen molar-refractivity contribution in [3.8, 4) is 5.75 Å². The Bertz CT molecular complexity index is 765. The summed E-state index contributed by atoms with van der Waals surface area (Å²) >= 11 is 6.02. The number of piperazine rings is 1. The lowest BCUT2D eigenvalue weighted by molar-refractivity contribution is 0.196. The number of aromatic nitrogens is 2. The Kier molecular flexibility index (Phi) is 4.31. The number of halogens is 1. The van der Waals surface area contributed by atoms with Crippen molar-refractivity contribution in [1.29, 1.82) is 0 Å². The van der Waals surface area contributed by atoms with Crippen LogP contribution in [0.2, 0.25) is 5.02 Å². The molecule has 1 aromatic carbocycles. The van der Waals surface area contributed by atoms with E-state index in [-0.39, 0.29) is 6.03 Å². The minimum Gasteiger partial charge on any atom is -0.489 e. The molecule has 3 heterocycles. The lowest BCUT2D eigenvalue weighted by Gasteiger charge is -2.39. The van der Waals surface area contributed by atoms with E-state index in [4.69, 9.17) is 16.3 Å². The molecule has 0 aliphatic carbocycles. The standard InChI is InChI=1S/C17H18ClN5O2/c18-13-1-2-14-15(11-13)25-10-9-23(14)17(24)22-7-5-21(6-8-22)16-3-4-19-12-20-16/h1-4,11-12H,5-10H2. The van der Waals surface area contributed by atoms with Crippen molar-refractivity contribution in [3.05, 3.63) is 41.8 Å². The quantitative estimate of drug-likeness (QED) is 0.781. The first-order valence-corrected chi connectivity index (χ1v) is 8.60. The van der Waals surface area contributed by atoms with Gasteiger partial charge < -0.3 is 14.5 Å². The van der Waals surface area contributed by atoms with Gasteiger partial charge in [-0.2, -0.15) is 0 Å². The average Bonchev–Trinajstić information content (AvgIpc) is 2.67. The number of carbonyl (C=O) groups is 1. The number of hydrogen-bond acceptors (Lipinski definition) is 5. The predicted molar refractivity (Wildman–Crippen MR) is 95.5 cm³/mol. The van der Waals surface area contributed by atoms with Gasteiger partial charge in [0.1, 0.15) is 24.5 Å². The summed E-state index contributed by atoms with van der Waals surface area (Å²) in [6.45, 7) is 3.83. The molecule has 2 amide bonds. The second-order valence-corrected chi connectivity index (χ2v) is 6.37. The van der Waals surface area contributed by atoms with Crippen LogP contribution in [0, 0.1) is 0 Å². The molecule has 0 unspecified atom stereocenters. The highest BCUT2D eigenvalue weighted by atomic mass is 35.5. The first-order valence-electron chi connectivity index (χ1n) is 8.22. The molecule has 2 aliphatic rings. The highest BCUT2D eigenvalue weighted by molar-refractivity contribution is 6.30. The van der Waals surface area contributed by atoms with Crippen LogP contribution in [0.3, 0.4) is 0 Å². The Balaban J connectivity index is 1.45. The Morgan fingerprint density at radius 3 is 2.72 bits per heavy atom. The molecule has 7 nitrogen and oxygen atoms in total. The first-order chi connectivity index (χ1) is 12.2. The van der Waals surface area contributed by atoms with Crippen molar-refractivity contribution in [1.82, 2.24) is 14.9 Å². The van der Waals surface area contributed by atoms with E-state index >= 15 is 0 Å². The van der Waals surface area contributed by atoms with E-state index in [0.29, 0.717) is 37.0 Å². The van der Waals surface area contributed by atoms with Crippen molar-refractivity contribution < 1.29 is 9.53 Å². The molecule has 0 radical (unpaired) electrons. The summed E-state index contributed by atoms with van der Waals surface area (Å²) in [6, 6.07) is 7.27. The van der Waals surface area contributed by atoms with Crippen LogP contribution in [-0.2, 0) is 0 Å². The summed E-state index contributed by atoms with van der Waals surface area (Å²) in [5, 5.41) is 0.603. The molecular weight excluding hydrogens is 342 g/mol. The van der Waals surface area contributed by atoms with Crippen LogP contribution < -0.4 is 14.5 Å². The fourth-order valence-electron chi connectivity index (χ4n) is 3.16. The minimum absolute atomic E-state index is 0.00853. The molecule has 0 atom stereocenters. The lowest BCUT2D eigenvalue weighted by Crippen LogP contribution is -2.54. The van der Waals surface area contributed by atoms with Gasteiger partial charge in [-0.15, -0.1) is 0 Å². The van der Waals surface area contributed by atoms with E-state index < -0.39 is 0 Å². The third-order valence-electron chi connectivity index (χ3n) is 4.46. The van der Waals surface area contributed by atoms with Crippen LogP contribution in [0.1, 0.15) is 0 Å². The van der Waals surface area contributed by atoms with Gasteiger partial charge in [0.05, 0.1) is 12.2 Å². The maximum absolute atomic E-state index is 13.0. The fourth-order valence-corrected chi connectivity index (χ4v) is 3.32. The predicted octanol–water partition coefficient (Wildman–Crippen LogP) is 2.27. The highest BCUT2D eigenvalue weighted by Gasteiger charge is 2.30. The molecule has 2 aliphatic heterocycles. The molecule has 25 heavy (non-hydrogen) atoms. The van der Waals surface area contributed by atoms with Crippen LogP contribution in [0.4, 0.5) is 16.3 Å². The van der Waals surface area contributed by atoms with Crippen LogP contribution in [0.15, 0.2) is 36.8 Å². The Morgan fingerprint density at radius 1 is 1.12 bits per heavy atom. The van der Waals surface area contributed by atoms with E-state index in [1.165, 1.54) is 0 Å². The molecule has 0 N–H and O–H groups in total. The molecule has 1 saturated heterocycles. The van der Waals surface area contributed by atoms with E-state index in [9.17, 15) is 4.79 Å². The normalized spacial score (nSPS) is 17.1. The fraction of sp³-hybridized carbons (Fsp3) is 0.353. The first kappa shape index (κ1) is 16.0. The number of anilines is 2. The van der Waals surface area contributed by atoms with Gasteiger partial charge >= 0.3 is 6.03 Å². The topological polar surface area (TPSA) is 61.8 Å². The Labute approximate surface area is 150 Å². The molecule has 0 spiro atoms. The second-order valence-electron chi connectivity index (χ2n) is 5.94. The van der Waals surface area contributed by atoms with Crippen molar-refractivity contribution in [2.45, 2.75) is 0 Å². The number of urea groups is 1. The summed E-state index contributed by atoms with van der Waals surface area (Å²) in [6.07, 6.45) is 3.28. The monoisotopic (exact) mass is 359 g/mol. The minimum atomic E-state index is 0.00853. The third kappa shape index (κ3) is 3.19. The van der Waals surface area contributed by atoms with Gasteiger partial charge in [-0.1, -0.05) is 11.6 Å². The van der Waals surface area contributed by atoms with Gasteiger partial charge in [-0.3, -0.25) is 4.90 Å². The van der Waals surface area contributed by atoms with E-state index in [2.05, 4.69) is 14.9 Å². The highest BCUT2D eigenvalue weighted by Crippen LogP contribution is 2.34. The van der Waals surface area contributed by atoms with Gasteiger partial charge in [0.25, 0.3) is 0 Å². The maximum Gasteiger partial charge on any atom is 0.324 e. The van der Waals surface area contributed by atoms with Gasteiger partial charge in [-0.05, 0) is 18.2 Å². The summed E-state index contributed by atoms with van der Waals surface area (Å²) in [7, 11) is 0. The molecular formula is C17H18ClN5O2. The number of fused-ring (bicyclic) bond motifs is 1. The number of nitrogens with zero attached hydrogens (tertiary/aromatic N) is 5. The molecule has 4 rings (SSSR count). The van der Waals surface area contributed by atoms with E-state index in [1.54, 1.807) is 29.6 Å². The van der Waals surface area contributed by atoms with E-state index in [0.717, 1.165) is 24.6 Å². The Hall–Kier alpha value is -2.54. The van der Waals surface area contributed by atoms with Crippen LogP contribution in [-0.4, -0.2) is 60.2 Å². The zero-order valence-electron chi connectivity index (χ0n) is 13.6. The van der Waals surface area contributed by atoms with Crippen LogP contribution in [0.25, 0.3) is 0 Å². The molecule has 0 saturated carbocycles.